The van der Waals surface area contributed by atoms with Crippen LogP contribution in [-0.2, 0) is 4.79 Å². The van der Waals surface area contributed by atoms with Crippen molar-refractivity contribution in [2.24, 2.45) is 0 Å². The van der Waals surface area contributed by atoms with Gasteiger partial charge in [0, 0.05) is 7.05 Å². The van der Waals surface area contributed by atoms with Gasteiger partial charge < -0.3 is 10.4 Å². The summed E-state index contributed by atoms with van der Waals surface area (Å²) in [6, 6.07) is 0. The predicted molar refractivity (Wildman–Crippen MR) is 39.6 cm³/mol. The smallest absolute Gasteiger partial charge is 0.251 e. The van der Waals surface area contributed by atoms with Gasteiger partial charge in [-0.25, -0.2) is 0 Å². The molecule has 0 rings (SSSR count). The summed E-state index contributed by atoms with van der Waals surface area (Å²) in [5.74, 6) is -0.311. The third-order valence-electron chi connectivity index (χ3n) is 1.45. The molecule has 0 saturated heterocycles. The highest BCUT2D eigenvalue weighted by atomic mass is 16.3. The Bertz CT molecular complexity index is 121. The van der Waals surface area contributed by atoms with Gasteiger partial charge in [0.2, 0.25) is 0 Å². The molecule has 0 unspecified atom stereocenters. The summed E-state index contributed by atoms with van der Waals surface area (Å²) in [5.41, 5.74) is -1.19. The van der Waals surface area contributed by atoms with Crippen LogP contribution in [0.3, 0.4) is 0 Å². The fourth-order valence-corrected chi connectivity index (χ4v) is 0.870. The summed E-state index contributed by atoms with van der Waals surface area (Å²) in [7, 11) is 1.52. The Balaban J connectivity index is 3.96. The van der Waals surface area contributed by atoms with Crippen molar-refractivity contribution >= 4 is 5.91 Å². The molecule has 0 aromatic carbocycles. The van der Waals surface area contributed by atoms with Crippen LogP contribution >= 0.6 is 0 Å². The van der Waals surface area contributed by atoms with E-state index in [9.17, 15) is 9.90 Å². The van der Waals surface area contributed by atoms with Crippen LogP contribution < -0.4 is 5.32 Å². The maximum Gasteiger partial charge on any atom is 0.251 e. The fourth-order valence-electron chi connectivity index (χ4n) is 0.870. The monoisotopic (exact) mass is 145 g/mol. The van der Waals surface area contributed by atoms with Gasteiger partial charge in [-0.3, -0.25) is 4.79 Å². The highest BCUT2D eigenvalue weighted by molar-refractivity contribution is 5.83. The summed E-state index contributed by atoms with van der Waals surface area (Å²) < 4.78 is 0. The fraction of sp³-hybridized carbons (Fsp3) is 0.857. The number of carbonyl (C=O) groups excluding carboxylic acids is 1. The number of carbonyl (C=O) groups is 1. The molecule has 0 aromatic rings. The van der Waals surface area contributed by atoms with E-state index in [0.717, 1.165) is 6.42 Å². The molecule has 0 aliphatic rings. The Labute approximate surface area is 61.4 Å². The molecule has 60 valence electrons. The first-order valence-corrected chi connectivity index (χ1v) is 3.49. The highest BCUT2D eigenvalue weighted by Crippen LogP contribution is 2.10. The van der Waals surface area contributed by atoms with Crippen molar-refractivity contribution in [3.63, 3.8) is 0 Å². The topological polar surface area (TPSA) is 49.3 Å². The van der Waals surface area contributed by atoms with Crippen LogP contribution in [0.2, 0.25) is 0 Å². The first kappa shape index (κ1) is 9.43. The lowest BCUT2D eigenvalue weighted by molar-refractivity contribution is -0.138. The van der Waals surface area contributed by atoms with Gasteiger partial charge in [-0.1, -0.05) is 13.3 Å². The molecule has 1 amide bonds. The van der Waals surface area contributed by atoms with Gasteiger partial charge in [0.25, 0.3) is 5.91 Å². The van der Waals surface area contributed by atoms with Gasteiger partial charge in [-0.05, 0) is 13.3 Å². The summed E-state index contributed by atoms with van der Waals surface area (Å²) in [4.78, 5) is 10.9. The highest BCUT2D eigenvalue weighted by Gasteiger charge is 2.27. The van der Waals surface area contributed by atoms with Crippen LogP contribution in [0.5, 0.6) is 0 Å². The number of hydrogen-bond donors (Lipinski definition) is 2. The molecule has 0 heterocycles. The lowest BCUT2D eigenvalue weighted by Crippen LogP contribution is -2.42. The third kappa shape index (κ3) is 2.35. The van der Waals surface area contributed by atoms with Gasteiger partial charge in [0.1, 0.15) is 5.60 Å². The SMILES string of the molecule is CCC[C@@](C)(O)C(=O)NC. The number of rotatable bonds is 3. The standard InChI is InChI=1S/C7H15NO2/c1-4-5-7(2,10)6(9)8-3/h10H,4-5H2,1-3H3,(H,8,9)/t7-/m1/s1. The zero-order valence-electron chi connectivity index (χ0n) is 6.77. The van der Waals surface area contributed by atoms with Crippen molar-refractivity contribution in [3.8, 4) is 0 Å². The zero-order valence-corrected chi connectivity index (χ0v) is 6.77. The number of amides is 1. The quantitative estimate of drug-likeness (QED) is 0.599. The minimum atomic E-state index is -1.19. The second kappa shape index (κ2) is 3.56. The van der Waals surface area contributed by atoms with E-state index >= 15 is 0 Å². The molecule has 0 radical (unpaired) electrons. The number of likely N-dealkylation sites (N-methyl/N-ethyl adjacent to an activating group) is 1. The molecule has 0 spiro atoms. The number of aliphatic hydroxyl groups is 1. The maximum absolute atomic E-state index is 10.9. The van der Waals surface area contributed by atoms with Crippen molar-refractivity contribution in [2.45, 2.75) is 32.3 Å². The van der Waals surface area contributed by atoms with Crippen LogP contribution in [0.4, 0.5) is 0 Å². The van der Waals surface area contributed by atoms with Gasteiger partial charge in [0.05, 0.1) is 0 Å². The average Bonchev–Trinajstić information content (AvgIpc) is 1.86. The van der Waals surface area contributed by atoms with Gasteiger partial charge in [-0.15, -0.1) is 0 Å². The molecule has 3 heteroatoms. The molecule has 1 atom stereocenters. The van der Waals surface area contributed by atoms with E-state index in [1.165, 1.54) is 14.0 Å². The van der Waals surface area contributed by atoms with Gasteiger partial charge >= 0.3 is 0 Å². The molecule has 0 fully saturated rings. The minimum Gasteiger partial charge on any atom is -0.380 e. The summed E-state index contributed by atoms with van der Waals surface area (Å²) in [5, 5.41) is 11.8. The molecule has 0 aliphatic carbocycles. The summed E-state index contributed by atoms with van der Waals surface area (Å²) >= 11 is 0. The lowest BCUT2D eigenvalue weighted by Gasteiger charge is -2.19. The number of nitrogens with one attached hydrogen (secondary N) is 1. The average molecular weight is 145 g/mol. The van der Waals surface area contributed by atoms with Gasteiger partial charge in [0.15, 0.2) is 0 Å². The molecule has 0 saturated carbocycles. The second-order valence-corrected chi connectivity index (χ2v) is 2.60. The molecule has 2 N–H and O–H groups in total. The van der Waals surface area contributed by atoms with Crippen LogP contribution in [0.15, 0.2) is 0 Å². The van der Waals surface area contributed by atoms with E-state index in [2.05, 4.69) is 5.32 Å². The molecule has 0 aromatic heterocycles. The van der Waals surface area contributed by atoms with Crippen molar-refractivity contribution < 1.29 is 9.90 Å². The first-order chi connectivity index (χ1) is 4.54. The summed E-state index contributed by atoms with van der Waals surface area (Å²) in [6.07, 6.45) is 1.31. The van der Waals surface area contributed by atoms with E-state index in [0.29, 0.717) is 6.42 Å². The van der Waals surface area contributed by atoms with E-state index in [4.69, 9.17) is 0 Å². The van der Waals surface area contributed by atoms with Crippen LogP contribution in [0.25, 0.3) is 0 Å². The van der Waals surface area contributed by atoms with Crippen molar-refractivity contribution in [1.82, 2.24) is 5.32 Å². The van der Waals surface area contributed by atoms with E-state index in [1.807, 2.05) is 6.92 Å². The van der Waals surface area contributed by atoms with Gasteiger partial charge in [-0.2, -0.15) is 0 Å². The van der Waals surface area contributed by atoms with E-state index < -0.39 is 5.60 Å². The predicted octanol–water partition coefficient (Wildman–Crippen LogP) is 0.283. The summed E-state index contributed by atoms with van der Waals surface area (Å²) in [6.45, 7) is 3.45. The molecular formula is C7H15NO2. The van der Waals surface area contributed by atoms with Crippen molar-refractivity contribution in [3.05, 3.63) is 0 Å². The zero-order chi connectivity index (χ0) is 8.20. The van der Waals surface area contributed by atoms with Crippen LogP contribution in [0, 0.1) is 0 Å². The van der Waals surface area contributed by atoms with E-state index in [1.54, 1.807) is 0 Å². The van der Waals surface area contributed by atoms with Crippen molar-refractivity contribution in [1.29, 1.82) is 0 Å². The van der Waals surface area contributed by atoms with Crippen LogP contribution in [0.1, 0.15) is 26.7 Å². The first-order valence-electron chi connectivity index (χ1n) is 3.49. The second-order valence-electron chi connectivity index (χ2n) is 2.60. The molecule has 0 aliphatic heterocycles. The van der Waals surface area contributed by atoms with Crippen molar-refractivity contribution in [2.75, 3.05) is 7.05 Å². The maximum atomic E-state index is 10.9. The number of hydrogen-bond acceptors (Lipinski definition) is 2. The van der Waals surface area contributed by atoms with E-state index in [-0.39, 0.29) is 5.91 Å². The Morgan fingerprint density at radius 2 is 2.20 bits per heavy atom. The molecule has 3 nitrogen and oxygen atoms in total. The largest absolute Gasteiger partial charge is 0.380 e. The normalized spacial score (nSPS) is 16.0. The molecule has 0 bridgehead atoms. The third-order valence-corrected chi connectivity index (χ3v) is 1.45. The Hall–Kier alpha value is -0.570. The molecule has 10 heavy (non-hydrogen) atoms. The lowest BCUT2D eigenvalue weighted by atomic mass is 10.0. The Morgan fingerprint density at radius 3 is 2.50 bits per heavy atom. The molecular weight excluding hydrogens is 130 g/mol. The Morgan fingerprint density at radius 1 is 1.70 bits per heavy atom. The van der Waals surface area contributed by atoms with Crippen LogP contribution in [-0.4, -0.2) is 23.7 Å². The Kier molecular flexibility index (Phi) is 3.36. The minimum absolute atomic E-state index is 0.311.